The SMILES string of the molecule is CCN(Cc1nc(COC)no1)C(=O)NC1CCCCCCC1. The number of carbonyl (C=O) groups is 1. The number of methoxy groups -OCH3 is 1. The summed E-state index contributed by atoms with van der Waals surface area (Å²) in [5.41, 5.74) is 0. The molecule has 0 unspecified atom stereocenters. The summed E-state index contributed by atoms with van der Waals surface area (Å²) in [6.07, 6.45) is 8.40. The Hall–Kier alpha value is -1.63. The van der Waals surface area contributed by atoms with Crippen LogP contribution in [0.15, 0.2) is 4.52 Å². The summed E-state index contributed by atoms with van der Waals surface area (Å²) in [7, 11) is 1.58. The van der Waals surface area contributed by atoms with E-state index in [1.807, 2.05) is 6.92 Å². The van der Waals surface area contributed by atoms with Gasteiger partial charge in [0.25, 0.3) is 0 Å². The highest BCUT2D eigenvalue weighted by atomic mass is 16.5. The van der Waals surface area contributed by atoms with Crippen LogP contribution in [-0.4, -0.2) is 40.8 Å². The first kappa shape index (κ1) is 17.7. The molecule has 1 saturated carbocycles. The van der Waals surface area contributed by atoms with Gasteiger partial charge in [-0.15, -0.1) is 0 Å². The van der Waals surface area contributed by atoms with Crippen molar-refractivity contribution in [3.63, 3.8) is 0 Å². The molecule has 0 spiro atoms. The maximum absolute atomic E-state index is 12.5. The van der Waals surface area contributed by atoms with E-state index >= 15 is 0 Å². The van der Waals surface area contributed by atoms with Crippen molar-refractivity contribution < 1.29 is 14.1 Å². The maximum atomic E-state index is 12.5. The molecular formula is C16H28N4O3. The van der Waals surface area contributed by atoms with Crippen LogP contribution in [0.2, 0.25) is 0 Å². The Kier molecular flexibility index (Phi) is 7.32. The van der Waals surface area contributed by atoms with Crippen molar-refractivity contribution in [2.45, 2.75) is 71.1 Å². The van der Waals surface area contributed by atoms with Gasteiger partial charge in [-0.1, -0.05) is 37.3 Å². The van der Waals surface area contributed by atoms with Crippen molar-refractivity contribution in [1.29, 1.82) is 0 Å². The maximum Gasteiger partial charge on any atom is 0.318 e. The summed E-state index contributed by atoms with van der Waals surface area (Å²) >= 11 is 0. The van der Waals surface area contributed by atoms with Gasteiger partial charge >= 0.3 is 6.03 Å². The summed E-state index contributed by atoms with van der Waals surface area (Å²) in [5, 5.41) is 6.98. The molecule has 1 N–H and O–H groups in total. The van der Waals surface area contributed by atoms with Crippen LogP contribution in [0.5, 0.6) is 0 Å². The fourth-order valence-electron chi connectivity index (χ4n) is 2.90. The lowest BCUT2D eigenvalue weighted by Gasteiger charge is -2.25. The number of amides is 2. The van der Waals surface area contributed by atoms with Crippen molar-refractivity contribution >= 4 is 6.03 Å². The minimum atomic E-state index is -0.0513. The predicted octanol–water partition coefficient (Wildman–Crippen LogP) is 2.86. The Balaban J connectivity index is 1.86. The second-order valence-electron chi connectivity index (χ2n) is 6.04. The topological polar surface area (TPSA) is 80.5 Å². The van der Waals surface area contributed by atoms with Crippen LogP contribution >= 0.6 is 0 Å². The monoisotopic (exact) mass is 324 g/mol. The Morgan fingerprint density at radius 3 is 2.65 bits per heavy atom. The number of urea groups is 1. The van der Waals surface area contributed by atoms with Crippen LogP contribution in [0.25, 0.3) is 0 Å². The standard InChI is InChI=1S/C16H28N4O3/c1-3-20(11-15-18-14(12-22-2)19-23-15)16(21)17-13-9-7-5-4-6-8-10-13/h13H,3-12H2,1-2H3,(H,17,21). The minimum absolute atomic E-state index is 0.0513. The number of aromatic nitrogens is 2. The zero-order valence-corrected chi connectivity index (χ0v) is 14.2. The summed E-state index contributed by atoms with van der Waals surface area (Å²) in [6.45, 7) is 3.18. The fourth-order valence-corrected chi connectivity index (χ4v) is 2.90. The van der Waals surface area contributed by atoms with Crippen molar-refractivity contribution in [3.8, 4) is 0 Å². The Morgan fingerprint density at radius 2 is 2.00 bits per heavy atom. The average molecular weight is 324 g/mol. The third-order valence-corrected chi connectivity index (χ3v) is 4.21. The molecule has 1 aliphatic carbocycles. The molecule has 7 heteroatoms. The highest BCUT2D eigenvalue weighted by Crippen LogP contribution is 2.17. The molecule has 0 atom stereocenters. The second-order valence-corrected chi connectivity index (χ2v) is 6.04. The third kappa shape index (κ3) is 5.82. The van der Waals surface area contributed by atoms with Gasteiger partial charge in [0.2, 0.25) is 5.89 Å². The molecule has 2 amide bonds. The molecule has 1 aromatic heterocycles. The first-order valence-electron chi connectivity index (χ1n) is 8.58. The van der Waals surface area contributed by atoms with Crippen molar-refractivity contribution in [2.75, 3.05) is 13.7 Å². The summed E-state index contributed by atoms with van der Waals surface area (Å²) < 4.78 is 10.1. The lowest BCUT2D eigenvalue weighted by Crippen LogP contribution is -2.44. The molecule has 7 nitrogen and oxygen atoms in total. The van der Waals surface area contributed by atoms with E-state index < -0.39 is 0 Å². The van der Waals surface area contributed by atoms with E-state index in [-0.39, 0.29) is 12.1 Å². The molecule has 0 radical (unpaired) electrons. The van der Waals surface area contributed by atoms with Crippen molar-refractivity contribution in [3.05, 3.63) is 11.7 Å². The van der Waals surface area contributed by atoms with Crippen LogP contribution in [0, 0.1) is 0 Å². The fraction of sp³-hybridized carbons (Fsp3) is 0.812. The normalized spacial score (nSPS) is 16.6. The number of hydrogen-bond acceptors (Lipinski definition) is 5. The Bertz CT molecular complexity index is 470. The first-order valence-corrected chi connectivity index (χ1v) is 8.58. The molecule has 130 valence electrons. The molecule has 0 bridgehead atoms. The zero-order valence-electron chi connectivity index (χ0n) is 14.2. The van der Waals surface area contributed by atoms with Gasteiger partial charge < -0.3 is 19.5 Å². The highest BCUT2D eigenvalue weighted by Gasteiger charge is 2.20. The second kappa shape index (κ2) is 9.50. The van der Waals surface area contributed by atoms with Crippen LogP contribution in [0.4, 0.5) is 4.79 Å². The summed E-state index contributed by atoms with van der Waals surface area (Å²) in [4.78, 5) is 18.4. The third-order valence-electron chi connectivity index (χ3n) is 4.21. The molecule has 0 aliphatic heterocycles. The van der Waals surface area contributed by atoms with Gasteiger partial charge in [0.15, 0.2) is 5.82 Å². The molecule has 1 aromatic rings. The highest BCUT2D eigenvalue weighted by molar-refractivity contribution is 5.74. The smallest absolute Gasteiger partial charge is 0.318 e. The first-order chi connectivity index (χ1) is 11.2. The molecule has 2 rings (SSSR count). The van der Waals surface area contributed by atoms with Crippen LogP contribution in [0.1, 0.15) is 63.6 Å². The van der Waals surface area contributed by atoms with E-state index in [4.69, 9.17) is 9.26 Å². The van der Waals surface area contributed by atoms with Crippen LogP contribution < -0.4 is 5.32 Å². The van der Waals surface area contributed by atoms with Crippen molar-refractivity contribution in [1.82, 2.24) is 20.4 Å². The van der Waals surface area contributed by atoms with Gasteiger partial charge in [-0.25, -0.2) is 4.79 Å². The van der Waals surface area contributed by atoms with Crippen LogP contribution in [-0.2, 0) is 17.9 Å². The van der Waals surface area contributed by atoms with Crippen LogP contribution in [0.3, 0.4) is 0 Å². The van der Waals surface area contributed by atoms with E-state index in [0.29, 0.717) is 31.4 Å². The molecule has 0 aromatic carbocycles. The Labute approximate surface area is 137 Å². The van der Waals surface area contributed by atoms with Gasteiger partial charge in [0.05, 0.1) is 0 Å². The quantitative estimate of drug-likeness (QED) is 0.870. The molecule has 23 heavy (non-hydrogen) atoms. The molecule has 0 saturated heterocycles. The largest absolute Gasteiger partial charge is 0.377 e. The lowest BCUT2D eigenvalue weighted by molar-refractivity contribution is 0.173. The summed E-state index contributed by atoms with van der Waals surface area (Å²) in [5.74, 6) is 0.936. The van der Waals surface area contributed by atoms with E-state index in [9.17, 15) is 4.79 Å². The van der Waals surface area contributed by atoms with Gasteiger partial charge in [-0.2, -0.15) is 4.98 Å². The molecule has 1 heterocycles. The number of rotatable bonds is 6. The number of hydrogen-bond donors (Lipinski definition) is 1. The molecular weight excluding hydrogens is 296 g/mol. The molecule has 1 aliphatic rings. The van der Waals surface area contributed by atoms with Gasteiger partial charge in [0.1, 0.15) is 13.2 Å². The predicted molar refractivity (Wildman–Crippen MR) is 85.7 cm³/mol. The van der Waals surface area contributed by atoms with E-state index in [2.05, 4.69) is 15.5 Å². The van der Waals surface area contributed by atoms with Crippen molar-refractivity contribution in [2.24, 2.45) is 0 Å². The zero-order chi connectivity index (χ0) is 16.5. The number of carbonyl (C=O) groups excluding carboxylic acids is 1. The van der Waals surface area contributed by atoms with Gasteiger partial charge in [0, 0.05) is 19.7 Å². The lowest BCUT2D eigenvalue weighted by atomic mass is 9.97. The number of nitrogens with one attached hydrogen (secondary N) is 1. The Morgan fingerprint density at radius 1 is 1.30 bits per heavy atom. The number of nitrogens with zero attached hydrogens (tertiary/aromatic N) is 3. The summed E-state index contributed by atoms with van der Waals surface area (Å²) in [6, 6.07) is 0.230. The van der Waals surface area contributed by atoms with Gasteiger partial charge in [-0.3, -0.25) is 0 Å². The van der Waals surface area contributed by atoms with E-state index in [1.165, 1.54) is 32.1 Å². The minimum Gasteiger partial charge on any atom is -0.377 e. The van der Waals surface area contributed by atoms with Gasteiger partial charge in [-0.05, 0) is 19.8 Å². The molecule has 1 fully saturated rings. The van der Waals surface area contributed by atoms with E-state index in [1.54, 1.807) is 12.0 Å². The van der Waals surface area contributed by atoms with E-state index in [0.717, 1.165) is 12.8 Å². The average Bonchev–Trinajstić information content (AvgIpc) is 2.95. The number of ether oxygens (including phenoxy) is 1.